The van der Waals surface area contributed by atoms with Crippen LogP contribution in [-0.4, -0.2) is 19.9 Å². The van der Waals surface area contributed by atoms with Crippen LogP contribution in [0.1, 0.15) is 0 Å². The number of nitrogens with zero attached hydrogens (tertiary/aromatic N) is 5. The highest BCUT2D eigenvalue weighted by Gasteiger charge is 2.34. The zero-order valence-electron chi connectivity index (χ0n) is 25.8. The van der Waals surface area contributed by atoms with E-state index in [2.05, 4.69) is 108 Å². The van der Waals surface area contributed by atoms with Gasteiger partial charge in [-0.05, 0) is 43.6 Å². The van der Waals surface area contributed by atoms with Crippen molar-refractivity contribution in [2.75, 3.05) is 4.90 Å². The average molecular weight is 634 g/mol. The largest absolute Gasteiger partial charge is 0.278 e. The Morgan fingerprint density at radius 1 is 0.417 bits per heavy atom. The van der Waals surface area contributed by atoms with Crippen LogP contribution in [0.15, 0.2) is 170 Å². The number of para-hydroxylation sites is 3. The number of rotatable bonds is 5. The third-order valence-electron chi connectivity index (χ3n) is 8.61. The van der Waals surface area contributed by atoms with E-state index < -0.39 is 7.92 Å². The van der Waals surface area contributed by atoms with Crippen molar-refractivity contribution in [3.63, 3.8) is 0 Å². The van der Waals surface area contributed by atoms with E-state index in [4.69, 9.17) is 19.9 Å². The summed E-state index contributed by atoms with van der Waals surface area (Å²) in [6.07, 6.45) is 0. The summed E-state index contributed by atoms with van der Waals surface area (Å²) in [5.41, 5.74) is 7.10. The van der Waals surface area contributed by atoms with E-state index in [1.54, 1.807) is 0 Å². The Kier molecular flexibility index (Phi) is 7.03. The standard InChI is InChI=1S/C42H28N5P/c1-3-15-30(16-4-1)40-44-41(31-17-5-2-6-18-31)46-42(45-40)47-36-22-9-11-24-38(36)48(39-25-12-10-23-37(39)47)33-20-13-19-32(28-33)35-27-26-29-14-7-8-21-34(29)43-35/h1-28H. The molecule has 0 saturated heterocycles. The van der Waals surface area contributed by atoms with E-state index in [9.17, 15) is 0 Å². The number of hydrogen-bond donors (Lipinski definition) is 0. The van der Waals surface area contributed by atoms with E-state index in [0.717, 1.165) is 44.7 Å². The van der Waals surface area contributed by atoms with Gasteiger partial charge in [0.25, 0.3) is 0 Å². The van der Waals surface area contributed by atoms with Crippen LogP contribution in [0, 0.1) is 0 Å². The lowest BCUT2D eigenvalue weighted by atomic mass is 10.1. The fourth-order valence-electron chi connectivity index (χ4n) is 6.37. The predicted molar refractivity (Wildman–Crippen MR) is 198 cm³/mol. The van der Waals surface area contributed by atoms with Gasteiger partial charge in [0, 0.05) is 32.7 Å². The molecule has 3 heterocycles. The number of fused-ring (bicyclic) bond motifs is 3. The Balaban J connectivity index is 1.21. The van der Waals surface area contributed by atoms with Gasteiger partial charge in [0.05, 0.1) is 22.6 Å². The average Bonchev–Trinajstić information content (AvgIpc) is 3.17. The molecule has 0 unspecified atom stereocenters. The van der Waals surface area contributed by atoms with Gasteiger partial charge >= 0.3 is 0 Å². The van der Waals surface area contributed by atoms with Crippen LogP contribution in [0.3, 0.4) is 0 Å². The number of benzene rings is 6. The Labute approximate surface area is 280 Å². The Hall–Kier alpha value is -6.03. The first-order valence-corrected chi connectivity index (χ1v) is 17.3. The van der Waals surface area contributed by atoms with Gasteiger partial charge in [-0.15, -0.1) is 0 Å². The van der Waals surface area contributed by atoms with Crippen LogP contribution in [0.5, 0.6) is 0 Å². The van der Waals surface area contributed by atoms with Crippen molar-refractivity contribution in [1.82, 2.24) is 19.9 Å². The molecule has 0 fully saturated rings. The van der Waals surface area contributed by atoms with Crippen LogP contribution in [0.25, 0.3) is 44.9 Å². The molecule has 1 aliphatic heterocycles. The maximum atomic E-state index is 5.13. The summed E-state index contributed by atoms with van der Waals surface area (Å²) in [5.74, 6) is 1.86. The van der Waals surface area contributed by atoms with Crippen molar-refractivity contribution >= 4 is 52.1 Å². The summed E-state index contributed by atoms with van der Waals surface area (Å²) >= 11 is 0. The summed E-state index contributed by atoms with van der Waals surface area (Å²) in [6.45, 7) is 0. The first-order valence-electron chi connectivity index (χ1n) is 15.9. The molecule has 1 aliphatic rings. The van der Waals surface area contributed by atoms with Gasteiger partial charge in [0.2, 0.25) is 5.95 Å². The van der Waals surface area contributed by atoms with Gasteiger partial charge in [-0.1, -0.05) is 140 Å². The van der Waals surface area contributed by atoms with Crippen LogP contribution in [0.4, 0.5) is 17.3 Å². The molecule has 0 atom stereocenters. The topological polar surface area (TPSA) is 54.8 Å². The van der Waals surface area contributed by atoms with Gasteiger partial charge in [-0.3, -0.25) is 4.90 Å². The van der Waals surface area contributed by atoms with Crippen LogP contribution < -0.4 is 20.8 Å². The summed E-state index contributed by atoms with van der Waals surface area (Å²) < 4.78 is 0. The smallest absolute Gasteiger partial charge is 0.238 e. The highest BCUT2D eigenvalue weighted by atomic mass is 31.1. The maximum absolute atomic E-state index is 5.13. The molecule has 9 rings (SSSR count). The summed E-state index contributed by atoms with van der Waals surface area (Å²) in [5, 5.41) is 4.90. The predicted octanol–water partition coefficient (Wildman–Crippen LogP) is 8.96. The molecule has 8 aromatic rings. The SMILES string of the molecule is c1ccc(-c2nc(-c3ccccc3)nc(N3c4ccccc4P(c4cccc(-c5ccc6ccccc6n5)c4)c4ccccc43)n2)cc1. The number of hydrogen-bond acceptors (Lipinski definition) is 5. The minimum Gasteiger partial charge on any atom is -0.278 e. The Morgan fingerprint density at radius 3 is 1.65 bits per heavy atom. The molecule has 226 valence electrons. The lowest BCUT2D eigenvalue weighted by molar-refractivity contribution is 1.02. The minimum atomic E-state index is -0.900. The zero-order valence-corrected chi connectivity index (χ0v) is 26.7. The van der Waals surface area contributed by atoms with E-state index in [-0.39, 0.29) is 0 Å². The Bertz CT molecular complexity index is 2330. The molecule has 5 nitrogen and oxygen atoms in total. The lowest BCUT2D eigenvalue weighted by Crippen LogP contribution is -2.34. The minimum absolute atomic E-state index is 0.589. The first-order chi connectivity index (χ1) is 23.8. The van der Waals surface area contributed by atoms with Gasteiger partial charge in [0.15, 0.2) is 11.6 Å². The van der Waals surface area contributed by atoms with Gasteiger partial charge in [-0.25, -0.2) is 9.97 Å². The fourth-order valence-corrected chi connectivity index (χ4v) is 8.96. The summed E-state index contributed by atoms with van der Waals surface area (Å²) in [7, 11) is -0.900. The van der Waals surface area contributed by atoms with Crippen molar-refractivity contribution < 1.29 is 0 Å². The highest BCUT2D eigenvalue weighted by Crippen LogP contribution is 2.48. The fraction of sp³-hybridized carbons (Fsp3) is 0. The normalized spacial score (nSPS) is 12.5. The van der Waals surface area contributed by atoms with Crippen LogP contribution in [-0.2, 0) is 0 Å². The number of anilines is 3. The highest BCUT2D eigenvalue weighted by molar-refractivity contribution is 7.80. The van der Waals surface area contributed by atoms with E-state index in [1.807, 2.05) is 66.7 Å². The van der Waals surface area contributed by atoms with Crippen molar-refractivity contribution in [1.29, 1.82) is 0 Å². The molecule has 0 radical (unpaired) electrons. The van der Waals surface area contributed by atoms with Gasteiger partial charge in [-0.2, -0.15) is 9.97 Å². The van der Waals surface area contributed by atoms with Gasteiger partial charge in [0.1, 0.15) is 0 Å². The third kappa shape index (κ3) is 5.02. The molecular weight excluding hydrogens is 605 g/mol. The molecule has 2 aromatic heterocycles. The quantitative estimate of drug-likeness (QED) is 0.177. The molecule has 0 amide bonds. The van der Waals surface area contributed by atoms with Crippen LogP contribution >= 0.6 is 7.92 Å². The molecule has 0 bridgehead atoms. The second kappa shape index (κ2) is 12.0. The van der Waals surface area contributed by atoms with E-state index >= 15 is 0 Å². The molecule has 48 heavy (non-hydrogen) atoms. The summed E-state index contributed by atoms with van der Waals surface area (Å²) in [4.78, 5) is 22.4. The second-order valence-corrected chi connectivity index (χ2v) is 13.8. The van der Waals surface area contributed by atoms with Crippen molar-refractivity contribution in [2.24, 2.45) is 0 Å². The number of aromatic nitrogens is 4. The summed E-state index contributed by atoms with van der Waals surface area (Å²) in [6, 6.07) is 59.0. The molecule has 0 saturated carbocycles. The molecule has 6 heteroatoms. The molecule has 6 aromatic carbocycles. The van der Waals surface area contributed by atoms with Gasteiger partial charge < -0.3 is 0 Å². The van der Waals surface area contributed by atoms with Crippen LogP contribution in [0.2, 0.25) is 0 Å². The lowest BCUT2D eigenvalue weighted by Gasteiger charge is -2.36. The monoisotopic (exact) mass is 633 g/mol. The third-order valence-corrected chi connectivity index (χ3v) is 11.1. The van der Waals surface area contributed by atoms with Crippen molar-refractivity contribution in [2.45, 2.75) is 0 Å². The van der Waals surface area contributed by atoms with E-state index in [0.29, 0.717) is 17.6 Å². The molecule has 0 N–H and O–H groups in total. The number of pyridine rings is 1. The maximum Gasteiger partial charge on any atom is 0.238 e. The zero-order chi connectivity index (χ0) is 31.9. The van der Waals surface area contributed by atoms with E-state index in [1.165, 1.54) is 15.9 Å². The first kappa shape index (κ1) is 28.2. The van der Waals surface area contributed by atoms with Crippen molar-refractivity contribution in [3.8, 4) is 34.0 Å². The van der Waals surface area contributed by atoms with Crippen molar-refractivity contribution in [3.05, 3.63) is 170 Å². The molecule has 0 aliphatic carbocycles. The Morgan fingerprint density at radius 2 is 0.979 bits per heavy atom. The molecular formula is C42H28N5P. The second-order valence-electron chi connectivity index (χ2n) is 11.6. The molecule has 0 spiro atoms.